The van der Waals surface area contributed by atoms with Gasteiger partial charge in [0.15, 0.2) is 11.6 Å². The molecule has 0 aliphatic rings. The zero-order valence-electron chi connectivity index (χ0n) is 6.83. The molecule has 0 atom stereocenters. The molecule has 0 saturated heterocycles. The van der Waals surface area contributed by atoms with E-state index in [1.165, 1.54) is 0 Å². The second-order valence-corrected chi connectivity index (χ2v) is 3.57. The van der Waals surface area contributed by atoms with Crippen LogP contribution < -0.4 is 0 Å². The van der Waals surface area contributed by atoms with Crippen LogP contribution in [0.1, 0.15) is 10.4 Å². The maximum Gasteiger partial charge on any atom is 0.363 e. The Hall–Kier alpha value is -0.980. The number of rotatable bonds is 2. The Morgan fingerprint density at radius 3 is 2.00 bits per heavy atom. The largest absolute Gasteiger partial charge is 0.363 e. The Morgan fingerprint density at radius 2 is 1.53 bits per heavy atom. The number of halogens is 6. The molecule has 1 rings (SSSR count). The van der Waals surface area contributed by atoms with Gasteiger partial charge in [-0.3, -0.25) is 4.79 Å². The van der Waals surface area contributed by atoms with Crippen LogP contribution in [0.25, 0.3) is 0 Å². The fourth-order valence-corrected chi connectivity index (χ4v) is 1.06. The summed E-state index contributed by atoms with van der Waals surface area (Å²) in [5, 5.41) is 0. The van der Waals surface area contributed by atoms with Crippen LogP contribution in [-0.4, -0.2) is 10.6 Å². The van der Waals surface area contributed by atoms with E-state index in [1.807, 2.05) is 0 Å². The second kappa shape index (κ2) is 3.88. The lowest BCUT2D eigenvalue weighted by atomic mass is 10.1. The molecule has 82 valence electrons. The average molecular weight is 289 g/mol. The zero-order chi connectivity index (χ0) is 11.8. The minimum Gasteiger partial charge on any atom is -0.286 e. The summed E-state index contributed by atoms with van der Waals surface area (Å²) >= 11 is 1.69. The van der Waals surface area contributed by atoms with Crippen molar-refractivity contribution in [3.63, 3.8) is 0 Å². The summed E-state index contributed by atoms with van der Waals surface area (Å²) < 4.78 is 62.6. The highest BCUT2D eigenvalue weighted by Crippen LogP contribution is 2.28. The number of benzene rings is 1. The van der Waals surface area contributed by atoms with E-state index < -0.39 is 33.6 Å². The average Bonchev–Trinajstić information content (AvgIpc) is 2.08. The van der Waals surface area contributed by atoms with Gasteiger partial charge in [-0.05, 0) is 22.0 Å². The van der Waals surface area contributed by atoms with Gasteiger partial charge in [-0.15, -0.1) is 0 Å². The quantitative estimate of drug-likeness (QED) is 0.353. The Bertz CT molecular complexity index is 412. The molecule has 0 aliphatic heterocycles. The Morgan fingerprint density at radius 1 is 1.07 bits per heavy atom. The summed E-state index contributed by atoms with van der Waals surface area (Å²) in [6.45, 7) is 0. The second-order valence-electron chi connectivity index (χ2n) is 2.57. The highest BCUT2D eigenvalue weighted by Gasteiger charge is 2.37. The van der Waals surface area contributed by atoms with E-state index in [2.05, 4.69) is 0 Å². The number of carbonyl (C=O) groups excluding carboxylic acids is 1. The molecule has 0 bridgehead atoms. The molecule has 1 aromatic carbocycles. The van der Waals surface area contributed by atoms with Crippen molar-refractivity contribution in [1.82, 2.24) is 0 Å². The zero-order valence-corrected chi connectivity index (χ0v) is 8.42. The molecule has 15 heavy (non-hydrogen) atoms. The van der Waals surface area contributed by atoms with Gasteiger partial charge in [-0.1, -0.05) is 0 Å². The van der Waals surface area contributed by atoms with Crippen molar-refractivity contribution < 1.29 is 26.7 Å². The molecule has 0 fully saturated rings. The third-order valence-electron chi connectivity index (χ3n) is 1.51. The van der Waals surface area contributed by atoms with Crippen molar-refractivity contribution in [2.24, 2.45) is 0 Å². The normalized spacial score (nSPS) is 11.6. The van der Waals surface area contributed by atoms with Gasteiger partial charge in [0.2, 0.25) is 5.78 Å². The first kappa shape index (κ1) is 12.1. The molecular formula is C8H2BrF5O. The predicted molar refractivity (Wildman–Crippen MR) is 44.5 cm³/mol. The molecule has 0 spiro atoms. The van der Waals surface area contributed by atoms with Gasteiger partial charge in [-0.25, -0.2) is 13.2 Å². The molecule has 0 amide bonds. The topological polar surface area (TPSA) is 17.1 Å². The van der Waals surface area contributed by atoms with Crippen LogP contribution in [0.4, 0.5) is 22.0 Å². The summed E-state index contributed by atoms with van der Waals surface area (Å²) in [4.78, 5) is 6.81. The Balaban J connectivity index is 3.28. The molecule has 0 N–H and O–H groups in total. The van der Waals surface area contributed by atoms with Crippen LogP contribution >= 0.6 is 15.9 Å². The standard InChI is InChI=1S/C8H2BrF5O/c9-8(13,14)7(15)3-1-5(11)6(12)2-4(3)10/h1-2H. The van der Waals surface area contributed by atoms with Gasteiger partial charge >= 0.3 is 4.83 Å². The van der Waals surface area contributed by atoms with Crippen molar-refractivity contribution in [1.29, 1.82) is 0 Å². The molecule has 1 aromatic rings. The van der Waals surface area contributed by atoms with Gasteiger partial charge in [-0.2, -0.15) is 8.78 Å². The minimum absolute atomic E-state index is 0.0291. The first-order valence-electron chi connectivity index (χ1n) is 3.49. The number of ketones is 1. The van der Waals surface area contributed by atoms with Crippen LogP contribution in [0, 0.1) is 17.5 Å². The van der Waals surface area contributed by atoms with E-state index in [1.54, 1.807) is 15.9 Å². The van der Waals surface area contributed by atoms with Crippen molar-refractivity contribution in [2.45, 2.75) is 4.83 Å². The van der Waals surface area contributed by atoms with Gasteiger partial charge in [0.05, 0.1) is 5.56 Å². The monoisotopic (exact) mass is 288 g/mol. The van der Waals surface area contributed by atoms with Crippen LogP contribution in [0.2, 0.25) is 0 Å². The first-order chi connectivity index (χ1) is 6.73. The number of hydrogen-bond acceptors (Lipinski definition) is 1. The summed E-state index contributed by atoms with van der Waals surface area (Å²) in [5.41, 5.74) is -1.21. The third kappa shape index (κ3) is 2.53. The van der Waals surface area contributed by atoms with E-state index in [0.717, 1.165) is 0 Å². The van der Waals surface area contributed by atoms with Crippen molar-refractivity contribution >= 4 is 21.7 Å². The number of hydrogen-bond donors (Lipinski definition) is 0. The number of alkyl halides is 3. The van der Waals surface area contributed by atoms with Crippen molar-refractivity contribution in [2.75, 3.05) is 0 Å². The van der Waals surface area contributed by atoms with Gasteiger partial charge < -0.3 is 0 Å². The predicted octanol–water partition coefficient (Wildman–Crippen LogP) is 3.27. The number of carbonyl (C=O) groups is 1. The fourth-order valence-electron chi connectivity index (χ4n) is 0.849. The molecule has 0 aromatic heterocycles. The van der Waals surface area contributed by atoms with E-state index in [9.17, 15) is 26.7 Å². The lowest BCUT2D eigenvalue weighted by Gasteiger charge is -2.07. The maximum absolute atomic E-state index is 12.8. The van der Waals surface area contributed by atoms with Crippen LogP contribution in [0.15, 0.2) is 12.1 Å². The first-order valence-corrected chi connectivity index (χ1v) is 4.29. The smallest absolute Gasteiger partial charge is 0.286 e. The fraction of sp³-hybridized carbons (Fsp3) is 0.125. The molecule has 0 unspecified atom stereocenters. The Kier molecular flexibility index (Phi) is 3.13. The van der Waals surface area contributed by atoms with Gasteiger partial charge in [0.1, 0.15) is 5.82 Å². The highest BCUT2D eigenvalue weighted by molar-refractivity contribution is 9.10. The summed E-state index contributed by atoms with van der Waals surface area (Å²) in [7, 11) is 0. The van der Waals surface area contributed by atoms with E-state index >= 15 is 0 Å². The molecule has 1 nitrogen and oxygen atoms in total. The lowest BCUT2D eigenvalue weighted by molar-refractivity contribution is 0.0587. The minimum atomic E-state index is -4.02. The SMILES string of the molecule is O=C(c1cc(F)c(F)cc1F)C(F)(F)Br. The van der Waals surface area contributed by atoms with Crippen molar-refractivity contribution in [3.8, 4) is 0 Å². The van der Waals surface area contributed by atoms with Crippen LogP contribution in [0.5, 0.6) is 0 Å². The van der Waals surface area contributed by atoms with Crippen LogP contribution in [0.3, 0.4) is 0 Å². The van der Waals surface area contributed by atoms with E-state index in [4.69, 9.17) is 0 Å². The molecule has 0 aliphatic carbocycles. The highest BCUT2D eigenvalue weighted by atomic mass is 79.9. The van der Waals surface area contributed by atoms with Crippen LogP contribution in [-0.2, 0) is 0 Å². The summed E-state index contributed by atoms with van der Waals surface area (Å²) in [6.07, 6.45) is 0. The molecule has 7 heteroatoms. The van der Waals surface area contributed by atoms with Gasteiger partial charge in [0.25, 0.3) is 0 Å². The lowest BCUT2D eigenvalue weighted by Crippen LogP contribution is -2.22. The summed E-state index contributed by atoms with van der Waals surface area (Å²) in [6, 6.07) is 0.115. The van der Waals surface area contributed by atoms with E-state index in [-0.39, 0.29) is 12.1 Å². The maximum atomic E-state index is 12.8. The van der Waals surface area contributed by atoms with Gasteiger partial charge in [0, 0.05) is 6.07 Å². The van der Waals surface area contributed by atoms with Crippen molar-refractivity contribution in [3.05, 3.63) is 35.1 Å². The molecule has 0 radical (unpaired) electrons. The Labute approximate surface area is 89.0 Å². The molecular weight excluding hydrogens is 287 g/mol. The summed E-state index contributed by atoms with van der Waals surface area (Å²) in [5.74, 6) is -6.64. The molecule has 0 saturated carbocycles. The van der Waals surface area contributed by atoms with E-state index in [0.29, 0.717) is 0 Å². The molecule has 0 heterocycles. The number of Topliss-reactive ketones (excluding diaryl/α,β-unsaturated/α-hetero) is 1. The third-order valence-corrected chi connectivity index (χ3v) is 1.87.